The topological polar surface area (TPSA) is 50.4 Å². The molecule has 4 nitrogen and oxygen atoms in total. The molecule has 2 rings (SSSR count). The average Bonchev–Trinajstić information content (AvgIpc) is 2.69. The Morgan fingerprint density at radius 1 is 1.56 bits per heavy atom. The monoisotopic (exact) mass is 226 g/mol. The number of nitrogens with one attached hydrogen (secondary N) is 2. The molecule has 0 aromatic carbocycles. The van der Waals surface area contributed by atoms with Gasteiger partial charge in [0, 0.05) is 20.1 Å². The maximum atomic E-state index is 11.7. The van der Waals surface area contributed by atoms with Crippen molar-refractivity contribution in [1.29, 1.82) is 0 Å². The summed E-state index contributed by atoms with van der Waals surface area (Å²) in [7, 11) is 1.74. The Bertz CT molecular complexity index is 240. The largest absolute Gasteiger partial charge is 0.376 e. The van der Waals surface area contributed by atoms with Gasteiger partial charge in [0.15, 0.2) is 0 Å². The van der Waals surface area contributed by atoms with Gasteiger partial charge in [-0.1, -0.05) is 0 Å². The van der Waals surface area contributed by atoms with Gasteiger partial charge in [-0.25, -0.2) is 0 Å². The number of hydrogen-bond acceptors (Lipinski definition) is 3. The lowest BCUT2D eigenvalue weighted by molar-refractivity contribution is -0.125. The van der Waals surface area contributed by atoms with E-state index in [9.17, 15) is 4.79 Å². The number of methoxy groups -OCH3 is 1. The Balaban J connectivity index is 1.66. The first-order chi connectivity index (χ1) is 7.74. The molecule has 0 spiro atoms. The lowest BCUT2D eigenvalue weighted by atomic mass is 9.80. The summed E-state index contributed by atoms with van der Waals surface area (Å²) in [4.78, 5) is 11.7. The van der Waals surface area contributed by atoms with E-state index in [0.29, 0.717) is 18.9 Å². The molecule has 0 bridgehead atoms. The van der Waals surface area contributed by atoms with Crippen molar-refractivity contribution in [3.63, 3.8) is 0 Å². The maximum Gasteiger partial charge on any atom is 0.220 e. The summed E-state index contributed by atoms with van der Waals surface area (Å²) in [5.41, 5.74) is -0.0520. The van der Waals surface area contributed by atoms with Gasteiger partial charge in [-0.05, 0) is 44.7 Å². The molecule has 1 atom stereocenters. The first-order valence-corrected chi connectivity index (χ1v) is 6.27. The molecule has 1 heterocycles. The van der Waals surface area contributed by atoms with Gasteiger partial charge in [0.25, 0.3) is 0 Å². The van der Waals surface area contributed by atoms with Crippen LogP contribution >= 0.6 is 0 Å². The summed E-state index contributed by atoms with van der Waals surface area (Å²) in [5, 5.41) is 6.29. The summed E-state index contributed by atoms with van der Waals surface area (Å²) in [6.07, 6.45) is 5.16. The van der Waals surface area contributed by atoms with Crippen molar-refractivity contribution in [3.8, 4) is 0 Å². The number of carbonyl (C=O) groups is 1. The average molecular weight is 226 g/mol. The smallest absolute Gasteiger partial charge is 0.220 e. The SMILES string of the molecule is COC1(CNC(=O)CC2CCNC2)CCC1. The second-order valence-corrected chi connectivity index (χ2v) is 5.08. The molecule has 1 amide bonds. The first-order valence-electron chi connectivity index (χ1n) is 6.27. The lowest BCUT2D eigenvalue weighted by Gasteiger charge is -2.40. The van der Waals surface area contributed by atoms with E-state index in [0.717, 1.165) is 32.4 Å². The molecular weight excluding hydrogens is 204 g/mol. The van der Waals surface area contributed by atoms with Crippen LogP contribution in [-0.2, 0) is 9.53 Å². The van der Waals surface area contributed by atoms with E-state index in [1.807, 2.05) is 0 Å². The Hall–Kier alpha value is -0.610. The second kappa shape index (κ2) is 5.15. The predicted octanol–water partition coefficient (Wildman–Crippen LogP) is 0.671. The van der Waals surface area contributed by atoms with Crippen LogP contribution in [-0.4, -0.2) is 38.3 Å². The highest BCUT2D eigenvalue weighted by molar-refractivity contribution is 5.76. The van der Waals surface area contributed by atoms with Gasteiger partial charge in [-0.2, -0.15) is 0 Å². The van der Waals surface area contributed by atoms with Crippen LogP contribution < -0.4 is 10.6 Å². The van der Waals surface area contributed by atoms with Gasteiger partial charge in [-0.3, -0.25) is 4.79 Å². The number of amides is 1. The molecule has 2 fully saturated rings. The van der Waals surface area contributed by atoms with Gasteiger partial charge >= 0.3 is 0 Å². The van der Waals surface area contributed by atoms with Crippen LogP contribution in [0.5, 0.6) is 0 Å². The first kappa shape index (κ1) is 11.9. The van der Waals surface area contributed by atoms with Gasteiger partial charge in [-0.15, -0.1) is 0 Å². The summed E-state index contributed by atoms with van der Waals surface area (Å²) in [6.45, 7) is 2.73. The molecule has 16 heavy (non-hydrogen) atoms. The standard InChI is InChI=1S/C12H22N2O2/c1-16-12(4-2-5-12)9-14-11(15)7-10-3-6-13-8-10/h10,13H,2-9H2,1H3,(H,14,15). The van der Waals surface area contributed by atoms with Gasteiger partial charge < -0.3 is 15.4 Å². The minimum Gasteiger partial charge on any atom is -0.376 e. The minimum absolute atomic E-state index is 0.0520. The fourth-order valence-corrected chi connectivity index (χ4v) is 2.51. The van der Waals surface area contributed by atoms with Gasteiger partial charge in [0.1, 0.15) is 0 Å². The van der Waals surface area contributed by atoms with E-state index < -0.39 is 0 Å². The molecule has 2 N–H and O–H groups in total. The summed E-state index contributed by atoms with van der Waals surface area (Å²) < 4.78 is 5.47. The zero-order chi connectivity index (χ0) is 11.4. The zero-order valence-electron chi connectivity index (χ0n) is 10.1. The van der Waals surface area contributed by atoms with E-state index in [4.69, 9.17) is 4.74 Å². The molecule has 1 aliphatic heterocycles. The Morgan fingerprint density at radius 2 is 2.38 bits per heavy atom. The molecule has 92 valence electrons. The van der Waals surface area contributed by atoms with Crippen molar-refractivity contribution in [2.45, 2.75) is 37.7 Å². The van der Waals surface area contributed by atoms with Crippen molar-refractivity contribution in [2.24, 2.45) is 5.92 Å². The normalized spacial score (nSPS) is 27.4. The van der Waals surface area contributed by atoms with Crippen molar-refractivity contribution >= 4 is 5.91 Å². The highest BCUT2D eigenvalue weighted by atomic mass is 16.5. The third kappa shape index (κ3) is 2.74. The molecule has 1 saturated heterocycles. The van der Waals surface area contributed by atoms with Crippen LogP contribution in [0.1, 0.15) is 32.1 Å². The predicted molar refractivity (Wildman–Crippen MR) is 62.2 cm³/mol. The Morgan fingerprint density at radius 3 is 2.88 bits per heavy atom. The molecule has 2 aliphatic rings. The van der Waals surface area contributed by atoms with Crippen LogP contribution in [0.25, 0.3) is 0 Å². The highest BCUT2D eigenvalue weighted by Crippen LogP contribution is 2.34. The molecule has 0 aromatic rings. The Labute approximate surface area is 97.1 Å². The lowest BCUT2D eigenvalue weighted by Crippen LogP contribution is -2.49. The summed E-state index contributed by atoms with van der Waals surface area (Å²) >= 11 is 0. The quantitative estimate of drug-likeness (QED) is 0.724. The molecular formula is C12H22N2O2. The van der Waals surface area contributed by atoms with Gasteiger partial charge in [0.2, 0.25) is 5.91 Å². The molecule has 1 unspecified atom stereocenters. The molecule has 4 heteroatoms. The van der Waals surface area contributed by atoms with E-state index >= 15 is 0 Å². The fourth-order valence-electron chi connectivity index (χ4n) is 2.51. The molecule has 1 saturated carbocycles. The van der Waals surface area contributed by atoms with Crippen LogP contribution in [0, 0.1) is 5.92 Å². The number of rotatable bonds is 5. The van der Waals surface area contributed by atoms with E-state index in [-0.39, 0.29) is 11.5 Å². The highest BCUT2D eigenvalue weighted by Gasteiger charge is 2.37. The zero-order valence-corrected chi connectivity index (χ0v) is 10.1. The maximum absolute atomic E-state index is 11.7. The van der Waals surface area contributed by atoms with Crippen molar-refractivity contribution in [3.05, 3.63) is 0 Å². The minimum atomic E-state index is -0.0520. The van der Waals surface area contributed by atoms with E-state index in [1.165, 1.54) is 6.42 Å². The fraction of sp³-hybridized carbons (Fsp3) is 0.917. The Kier molecular flexibility index (Phi) is 3.82. The number of ether oxygens (including phenoxy) is 1. The van der Waals surface area contributed by atoms with Crippen LogP contribution in [0.15, 0.2) is 0 Å². The second-order valence-electron chi connectivity index (χ2n) is 5.08. The van der Waals surface area contributed by atoms with Gasteiger partial charge in [0.05, 0.1) is 5.60 Å². The third-order valence-corrected chi connectivity index (χ3v) is 3.94. The van der Waals surface area contributed by atoms with Crippen molar-refractivity contribution in [1.82, 2.24) is 10.6 Å². The number of carbonyl (C=O) groups excluding carboxylic acids is 1. The van der Waals surface area contributed by atoms with E-state index in [2.05, 4.69) is 10.6 Å². The van der Waals surface area contributed by atoms with Crippen LogP contribution in [0.2, 0.25) is 0 Å². The third-order valence-electron chi connectivity index (χ3n) is 3.94. The van der Waals surface area contributed by atoms with Crippen LogP contribution in [0.4, 0.5) is 0 Å². The molecule has 1 aliphatic carbocycles. The van der Waals surface area contributed by atoms with Crippen molar-refractivity contribution in [2.75, 3.05) is 26.7 Å². The summed E-state index contributed by atoms with van der Waals surface area (Å²) in [6, 6.07) is 0. The number of hydrogen-bond donors (Lipinski definition) is 2. The summed E-state index contributed by atoms with van der Waals surface area (Å²) in [5.74, 6) is 0.705. The molecule has 0 aromatic heterocycles. The van der Waals surface area contributed by atoms with Crippen LogP contribution in [0.3, 0.4) is 0 Å². The molecule has 0 radical (unpaired) electrons. The van der Waals surface area contributed by atoms with Crippen molar-refractivity contribution < 1.29 is 9.53 Å². The van der Waals surface area contributed by atoms with E-state index in [1.54, 1.807) is 7.11 Å².